The van der Waals surface area contributed by atoms with Gasteiger partial charge in [-0.05, 0) is 17.7 Å². The van der Waals surface area contributed by atoms with Crippen LogP contribution in [0, 0.1) is 0 Å². The Bertz CT molecular complexity index is 1390. The Hall–Kier alpha value is -2.93. The minimum atomic E-state index is -3.78. The zero-order chi connectivity index (χ0) is 23.2. The smallest absolute Gasteiger partial charge is 0.238 e. The van der Waals surface area contributed by atoms with E-state index in [9.17, 15) is 18.6 Å². The van der Waals surface area contributed by atoms with E-state index in [-0.39, 0.29) is 16.7 Å². The topological polar surface area (TPSA) is 144 Å². The summed E-state index contributed by atoms with van der Waals surface area (Å²) in [6.45, 7) is 0.540. The molecule has 1 saturated heterocycles. The van der Waals surface area contributed by atoms with Crippen LogP contribution in [0.5, 0.6) is 0 Å². The number of thiazole rings is 1. The lowest BCUT2D eigenvalue weighted by Gasteiger charge is -2.08. The molecule has 0 aliphatic carbocycles. The average molecular weight is 485 g/mol. The maximum atomic E-state index is 11.6. The SMILES string of the molecule is NS(=O)(=O)c1ccc(Cc2c(-c3ccccc3)nn(-c3nc(C(O)O)cs3)c2C2CO2)cc1. The van der Waals surface area contributed by atoms with Gasteiger partial charge in [0.25, 0.3) is 0 Å². The number of hydrogen-bond donors (Lipinski definition) is 3. The Labute approximate surface area is 193 Å². The summed E-state index contributed by atoms with van der Waals surface area (Å²) in [7, 11) is -3.78. The number of aliphatic hydroxyl groups is 2. The number of sulfonamides is 1. The normalized spacial score (nSPS) is 15.8. The van der Waals surface area contributed by atoms with E-state index in [1.54, 1.807) is 22.2 Å². The molecule has 3 heterocycles. The molecule has 1 fully saturated rings. The molecule has 0 radical (unpaired) electrons. The Morgan fingerprint density at radius 1 is 1.15 bits per heavy atom. The second-order valence-corrected chi connectivity index (χ2v) is 10.0. The van der Waals surface area contributed by atoms with Crippen molar-refractivity contribution in [2.45, 2.75) is 23.7 Å². The molecule has 1 aliphatic heterocycles. The fourth-order valence-electron chi connectivity index (χ4n) is 3.64. The monoisotopic (exact) mass is 484 g/mol. The van der Waals surface area contributed by atoms with Crippen molar-refractivity contribution in [1.82, 2.24) is 14.8 Å². The summed E-state index contributed by atoms with van der Waals surface area (Å²) in [6.07, 6.45) is -1.36. The number of epoxide rings is 1. The van der Waals surface area contributed by atoms with Gasteiger partial charge in [0.2, 0.25) is 15.2 Å². The van der Waals surface area contributed by atoms with Gasteiger partial charge in [-0.1, -0.05) is 42.5 Å². The largest absolute Gasteiger partial charge is 0.366 e. The van der Waals surface area contributed by atoms with Crippen LogP contribution in [0.3, 0.4) is 0 Å². The van der Waals surface area contributed by atoms with E-state index in [1.165, 1.54) is 23.5 Å². The van der Waals surface area contributed by atoms with E-state index in [4.69, 9.17) is 15.0 Å². The number of nitrogens with zero attached hydrogens (tertiary/aromatic N) is 3. The third kappa shape index (κ3) is 4.47. The number of benzene rings is 2. The van der Waals surface area contributed by atoms with Gasteiger partial charge in [0.1, 0.15) is 11.8 Å². The molecule has 1 unspecified atom stereocenters. The summed E-state index contributed by atoms with van der Waals surface area (Å²) in [4.78, 5) is 4.38. The van der Waals surface area contributed by atoms with Crippen molar-refractivity contribution in [3.63, 3.8) is 0 Å². The second kappa shape index (κ2) is 8.45. The summed E-state index contributed by atoms with van der Waals surface area (Å²) in [5, 5.41) is 31.1. The van der Waals surface area contributed by atoms with E-state index >= 15 is 0 Å². The van der Waals surface area contributed by atoms with Crippen LogP contribution in [-0.4, -0.2) is 40.0 Å². The molecule has 170 valence electrons. The highest BCUT2D eigenvalue weighted by atomic mass is 32.2. The number of primary sulfonamides is 1. The lowest BCUT2D eigenvalue weighted by atomic mass is 9.98. The number of hydrogen-bond acceptors (Lipinski definition) is 8. The van der Waals surface area contributed by atoms with Crippen molar-refractivity contribution in [1.29, 1.82) is 0 Å². The van der Waals surface area contributed by atoms with Gasteiger partial charge >= 0.3 is 0 Å². The predicted molar refractivity (Wildman–Crippen MR) is 121 cm³/mol. The molecular weight excluding hydrogens is 464 g/mol. The van der Waals surface area contributed by atoms with Crippen molar-refractivity contribution < 1.29 is 23.4 Å². The minimum Gasteiger partial charge on any atom is -0.366 e. The molecule has 4 N–H and O–H groups in total. The summed E-state index contributed by atoms with van der Waals surface area (Å²) in [6, 6.07) is 16.1. The van der Waals surface area contributed by atoms with Crippen LogP contribution in [0.2, 0.25) is 0 Å². The third-order valence-electron chi connectivity index (χ3n) is 5.30. The summed E-state index contributed by atoms with van der Waals surface area (Å²) in [5.41, 5.74) is 4.44. The van der Waals surface area contributed by atoms with Crippen LogP contribution in [0.25, 0.3) is 16.4 Å². The van der Waals surface area contributed by atoms with Gasteiger partial charge in [-0.15, -0.1) is 11.3 Å². The molecule has 1 aliphatic rings. The number of aliphatic hydroxyl groups excluding tert-OH is 1. The molecule has 9 nitrogen and oxygen atoms in total. The molecular formula is C22H20N4O5S2. The highest BCUT2D eigenvalue weighted by Gasteiger charge is 2.35. The number of ether oxygens (including phenoxy) is 1. The van der Waals surface area contributed by atoms with Gasteiger partial charge < -0.3 is 14.9 Å². The van der Waals surface area contributed by atoms with Crippen molar-refractivity contribution in [3.8, 4) is 16.4 Å². The van der Waals surface area contributed by atoms with Crippen molar-refractivity contribution in [2.75, 3.05) is 6.61 Å². The molecule has 0 bridgehead atoms. The molecule has 0 saturated carbocycles. The van der Waals surface area contributed by atoms with Crippen LogP contribution < -0.4 is 5.14 Å². The van der Waals surface area contributed by atoms with Crippen LogP contribution in [0.15, 0.2) is 64.9 Å². The molecule has 2 aromatic carbocycles. The van der Waals surface area contributed by atoms with E-state index in [1.807, 2.05) is 30.3 Å². The van der Waals surface area contributed by atoms with E-state index < -0.39 is 16.3 Å². The third-order valence-corrected chi connectivity index (χ3v) is 7.06. The molecule has 33 heavy (non-hydrogen) atoms. The van der Waals surface area contributed by atoms with Crippen molar-refractivity contribution >= 4 is 21.4 Å². The highest BCUT2D eigenvalue weighted by Crippen LogP contribution is 2.40. The Morgan fingerprint density at radius 2 is 1.85 bits per heavy atom. The highest BCUT2D eigenvalue weighted by molar-refractivity contribution is 7.89. The summed E-state index contributed by atoms with van der Waals surface area (Å²) in [5.74, 6) is 0. The van der Waals surface area contributed by atoms with Crippen LogP contribution in [0.1, 0.15) is 34.9 Å². The fraction of sp³-hybridized carbons (Fsp3) is 0.182. The molecule has 5 rings (SSSR count). The first-order valence-corrected chi connectivity index (χ1v) is 12.5. The Morgan fingerprint density at radius 3 is 2.42 bits per heavy atom. The average Bonchev–Trinajstić information content (AvgIpc) is 3.37. The molecule has 4 aromatic rings. The zero-order valence-electron chi connectivity index (χ0n) is 17.2. The zero-order valence-corrected chi connectivity index (χ0v) is 18.8. The Balaban J connectivity index is 1.64. The Kier molecular flexibility index (Phi) is 5.60. The first-order valence-electron chi connectivity index (χ1n) is 10.0. The quantitative estimate of drug-likeness (QED) is 0.270. The molecule has 1 atom stereocenters. The fourth-order valence-corrected chi connectivity index (χ4v) is 4.95. The van der Waals surface area contributed by atoms with E-state index in [0.29, 0.717) is 18.2 Å². The minimum absolute atomic E-state index is 0.0499. The lowest BCUT2D eigenvalue weighted by Crippen LogP contribution is -2.11. The van der Waals surface area contributed by atoms with Gasteiger partial charge in [0.15, 0.2) is 6.29 Å². The maximum absolute atomic E-state index is 11.6. The number of aromatic nitrogens is 3. The maximum Gasteiger partial charge on any atom is 0.238 e. The van der Waals surface area contributed by atoms with Crippen LogP contribution in [-0.2, 0) is 21.2 Å². The van der Waals surface area contributed by atoms with Crippen molar-refractivity contribution in [2.24, 2.45) is 5.14 Å². The van der Waals surface area contributed by atoms with Gasteiger partial charge in [-0.2, -0.15) is 5.10 Å². The first kappa shape index (κ1) is 21.9. The molecule has 11 heteroatoms. The molecule has 0 spiro atoms. The van der Waals surface area contributed by atoms with Gasteiger partial charge in [-0.3, -0.25) is 0 Å². The molecule has 2 aromatic heterocycles. The first-order chi connectivity index (χ1) is 15.8. The second-order valence-electron chi connectivity index (χ2n) is 7.61. The van der Waals surface area contributed by atoms with Gasteiger partial charge in [0, 0.05) is 22.9 Å². The standard InChI is InChI=1S/C22H20N4O5S2/c23-33(29,30)15-8-6-13(7-9-15)10-16-19(14-4-2-1-3-5-14)25-26(20(16)18-11-31-18)22-24-17(12-32-22)21(27)28/h1-9,12,18,21,27-28H,10-11H2,(H2,23,29,30). The molecule has 0 amide bonds. The van der Waals surface area contributed by atoms with E-state index in [2.05, 4.69) is 4.98 Å². The summed E-state index contributed by atoms with van der Waals surface area (Å²) >= 11 is 1.25. The number of nitrogens with two attached hydrogens (primary N) is 1. The summed E-state index contributed by atoms with van der Waals surface area (Å²) < 4.78 is 30.5. The van der Waals surface area contributed by atoms with Gasteiger partial charge in [-0.25, -0.2) is 23.2 Å². The lowest BCUT2D eigenvalue weighted by molar-refractivity contribution is -0.0454. The van der Waals surface area contributed by atoms with Gasteiger partial charge in [0.05, 0.1) is 22.9 Å². The predicted octanol–water partition coefficient (Wildman–Crippen LogP) is 2.29. The van der Waals surface area contributed by atoms with Crippen molar-refractivity contribution in [3.05, 3.63) is 82.5 Å². The van der Waals surface area contributed by atoms with Crippen LogP contribution >= 0.6 is 11.3 Å². The van der Waals surface area contributed by atoms with Crippen LogP contribution in [0.4, 0.5) is 0 Å². The van der Waals surface area contributed by atoms with E-state index in [0.717, 1.165) is 28.1 Å². The number of rotatable bonds is 7.